The van der Waals surface area contributed by atoms with Gasteiger partial charge in [0.25, 0.3) is 8.32 Å². The maximum atomic E-state index is 6.62. The SMILES string of the molecule is C=Cc1cccc(O[Si](C(C)C)(C(C)C)C(C)C)c1. The van der Waals surface area contributed by atoms with Gasteiger partial charge in [0.2, 0.25) is 0 Å². The Hall–Kier alpha value is -1.02. The van der Waals surface area contributed by atoms with Gasteiger partial charge in [0.15, 0.2) is 0 Å². The van der Waals surface area contributed by atoms with Gasteiger partial charge in [-0.15, -0.1) is 0 Å². The molecular formula is C17H28OSi. The Morgan fingerprint density at radius 2 is 1.53 bits per heavy atom. The van der Waals surface area contributed by atoms with Gasteiger partial charge in [0, 0.05) is 0 Å². The molecule has 1 aromatic carbocycles. The van der Waals surface area contributed by atoms with Crippen LogP contribution in [0.2, 0.25) is 16.6 Å². The smallest absolute Gasteiger partial charge is 0.258 e. The first-order chi connectivity index (χ1) is 8.84. The van der Waals surface area contributed by atoms with Crippen LogP contribution < -0.4 is 4.43 Å². The van der Waals surface area contributed by atoms with Crippen LogP contribution in [0.1, 0.15) is 47.1 Å². The van der Waals surface area contributed by atoms with E-state index in [1.165, 1.54) is 0 Å². The van der Waals surface area contributed by atoms with Crippen molar-refractivity contribution in [3.05, 3.63) is 36.4 Å². The summed E-state index contributed by atoms with van der Waals surface area (Å²) in [7, 11) is -1.84. The minimum atomic E-state index is -1.84. The van der Waals surface area contributed by atoms with E-state index in [0.29, 0.717) is 16.6 Å². The second-order valence-electron chi connectivity index (χ2n) is 6.20. The Balaban J connectivity index is 3.16. The van der Waals surface area contributed by atoms with Crippen LogP contribution in [-0.4, -0.2) is 8.32 Å². The van der Waals surface area contributed by atoms with Gasteiger partial charge in [-0.25, -0.2) is 0 Å². The summed E-state index contributed by atoms with van der Waals surface area (Å²) < 4.78 is 6.62. The Morgan fingerprint density at radius 3 is 1.95 bits per heavy atom. The summed E-state index contributed by atoms with van der Waals surface area (Å²) in [5.74, 6) is 1.00. The van der Waals surface area contributed by atoms with Gasteiger partial charge in [0.1, 0.15) is 5.75 Å². The van der Waals surface area contributed by atoms with E-state index in [0.717, 1.165) is 11.3 Å². The minimum Gasteiger partial charge on any atom is -0.543 e. The molecule has 106 valence electrons. The van der Waals surface area contributed by atoms with E-state index in [1.807, 2.05) is 12.1 Å². The first kappa shape index (κ1) is 16.0. The monoisotopic (exact) mass is 276 g/mol. The maximum Gasteiger partial charge on any atom is 0.258 e. The molecule has 0 saturated carbocycles. The van der Waals surface area contributed by atoms with E-state index in [9.17, 15) is 0 Å². The number of benzene rings is 1. The summed E-state index contributed by atoms with van der Waals surface area (Å²) in [5, 5.41) is 0. The summed E-state index contributed by atoms with van der Waals surface area (Å²) in [4.78, 5) is 0. The van der Waals surface area contributed by atoms with Crippen LogP contribution in [0.4, 0.5) is 0 Å². The lowest BCUT2D eigenvalue weighted by molar-refractivity contribution is 0.479. The molecule has 0 radical (unpaired) electrons. The van der Waals surface area contributed by atoms with Crippen LogP contribution in [0.15, 0.2) is 30.8 Å². The molecule has 0 saturated heterocycles. The van der Waals surface area contributed by atoms with Crippen molar-refractivity contribution in [1.82, 2.24) is 0 Å². The van der Waals surface area contributed by atoms with E-state index < -0.39 is 8.32 Å². The van der Waals surface area contributed by atoms with Crippen LogP contribution in [0.3, 0.4) is 0 Å². The summed E-state index contributed by atoms with van der Waals surface area (Å²) in [6.07, 6.45) is 1.87. The van der Waals surface area contributed by atoms with E-state index >= 15 is 0 Å². The molecule has 0 aliphatic carbocycles. The molecule has 0 spiro atoms. The lowest BCUT2D eigenvalue weighted by atomic mass is 10.2. The van der Waals surface area contributed by atoms with Crippen LogP contribution in [0.25, 0.3) is 6.08 Å². The molecule has 0 atom stereocenters. The van der Waals surface area contributed by atoms with E-state index in [1.54, 1.807) is 0 Å². The topological polar surface area (TPSA) is 9.23 Å². The quantitative estimate of drug-likeness (QED) is 0.589. The summed E-state index contributed by atoms with van der Waals surface area (Å²) in [6.45, 7) is 17.7. The highest BCUT2D eigenvalue weighted by atomic mass is 28.4. The third-order valence-corrected chi connectivity index (χ3v) is 10.1. The molecule has 0 N–H and O–H groups in total. The summed E-state index contributed by atoms with van der Waals surface area (Å²) in [6, 6.07) is 8.28. The van der Waals surface area contributed by atoms with Crippen molar-refractivity contribution in [2.24, 2.45) is 0 Å². The molecule has 0 fully saturated rings. The molecule has 19 heavy (non-hydrogen) atoms. The molecule has 0 aromatic heterocycles. The zero-order valence-electron chi connectivity index (χ0n) is 13.2. The lowest BCUT2D eigenvalue weighted by Gasteiger charge is -2.42. The van der Waals surface area contributed by atoms with Crippen molar-refractivity contribution in [1.29, 1.82) is 0 Å². The van der Waals surface area contributed by atoms with Gasteiger partial charge in [-0.3, -0.25) is 0 Å². The lowest BCUT2D eigenvalue weighted by Crippen LogP contribution is -2.50. The van der Waals surface area contributed by atoms with E-state index in [2.05, 4.69) is 66.3 Å². The average Bonchev–Trinajstić information content (AvgIpc) is 2.34. The summed E-state index contributed by atoms with van der Waals surface area (Å²) >= 11 is 0. The highest BCUT2D eigenvalue weighted by Crippen LogP contribution is 2.42. The molecule has 1 rings (SSSR count). The van der Waals surface area contributed by atoms with Gasteiger partial charge < -0.3 is 4.43 Å². The van der Waals surface area contributed by atoms with Crippen molar-refractivity contribution in [3.63, 3.8) is 0 Å². The van der Waals surface area contributed by atoms with Crippen molar-refractivity contribution in [2.75, 3.05) is 0 Å². The van der Waals surface area contributed by atoms with Crippen molar-refractivity contribution in [2.45, 2.75) is 58.2 Å². The number of rotatable bonds is 6. The van der Waals surface area contributed by atoms with Crippen LogP contribution >= 0.6 is 0 Å². The van der Waals surface area contributed by atoms with Crippen molar-refractivity contribution >= 4 is 14.4 Å². The first-order valence-corrected chi connectivity index (χ1v) is 9.40. The van der Waals surface area contributed by atoms with Gasteiger partial charge in [0.05, 0.1) is 0 Å². The fourth-order valence-electron chi connectivity index (χ4n) is 3.26. The van der Waals surface area contributed by atoms with Gasteiger partial charge in [-0.05, 0) is 34.3 Å². The molecule has 0 aliphatic rings. The zero-order valence-corrected chi connectivity index (χ0v) is 14.2. The first-order valence-electron chi connectivity index (χ1n) is 7.26. The highest BCUT2D eigenvalue weighted by molar-refractivity contribution is 6.78. The zero-order chi connectivity index (χ0) is 14.6. The molecular weight excluding hydrogens is 248 g/mol. The van der Waals surface area contributed by atoms with E-state index in [-0.39, 0.29) is 0 Å². The van der Waals surface area contributed by atoms with E-state index in [4.69, 9.17) is 4.43 Å². The fourth-order valence-corrected chi connectivity index (χ4v) is 8.51. The van der Waals surface area contributed by atoms with Crippen LogP contribution in [-0.2, 0) is 0 Å². The standard InChI is InChI=1S/C17H28OSi/c1-8-16-10-9-11-17(12-16)18-19(13(2)3,14(4)5)15(6)7/h8-15H,1H2,2-7H3. The Kier molecular flexibility index (Phi) is 5.42. The molecule has 2 heteroatoms. The van der Waals surface area contributed by atoms with Gasteiger partial charge in [-0.2, -0.15) is 0 Å². The molecule has 0 aliphatic heterocycles. The predicted molar refractivity (Wildman–Crippen MR) is 88.2 cm³/mol. The largest absolute Gasteiger partial charge is 0.543 e. The van der Waals surface area contributed by atoms with Gasteiger partial charge >= 0.3 is 0 Å². The molecule has 0 bridgehead atoms. The molecule has 0 heterocycles. The van der Waals surface area contributed by atoms with Crippen LogP contribution in [0, 0.1) is 0 Å². The predicted octanol–water partition coefficient (Wildman–Crippen LogP) is 5.88. The highest BCUT2D eigenvalue weighted by Gasteiger charge is 2.46. The molecule has 0 unspecified atom stereocenters. The third-order valence-electron chi connectivity index (χ3n) is 4.10. The second kappa shape index (κ2) is 6.42. The Labute approximate surface area is 119 Å². The van der Waals surface area contributed by atoms with Gasteiger partial charge in [-0.1, -0.05) is 66.3 Å². The summed E-state index contributed by atoms with van der Waals surface area (Å²) in [5.41, 5.74) is 2.91. The minimum absolute atomic E-state index is 0.597. The molecule has 1 aromatic rings. The Bertz CT molecular complexity index is 399. The fraction of sp³-hybridized carbons (Fsp3) is 0.529. The molecule has 0 amide bonds. The Morgan fingerprint density at radius 1 is 1.00 bits per heavy atom. The molecule has 1 nitrogen and oxygen atoms in total. The van der Waals surface area contributed by atoms with Crippen molar-refractivity contribution < 1.29 is 4.43 Å². The average molecular weight is 276 g/mol. The van der Waals surface area contributed by atoms with Crippen molar-refractivity contribution in [3.8, 4) is 5.75 Å². The van der Waals surface area contributed by atoms with Crippen LogP contribution in [0.5, 0.6) is 5.75 Å². The second-order valence-corrected chi connectivity index (χ2v) is 11.6. The maximum absolute atomic E-state index is 6.62. The number of hydrogen-bond donors (Lipinski definition) is 0. The number of hydrogen-bond acceptors (Lipinski definition) is 1. The third kappa shape index (κ3) is 3.30. The normalized spacial score (nSPS) is 12.3.